The summed E-state index contributed by atoms with van der Waals surface area (Å²) in [6, 6.07) is 5.78. The molecule has 31 heavy (non-hydrogen) atoms. The smallest absolute Gasteiger partial charge is 0.234 e. The van der Waals surface area contributed by atoms with E-state index >= 15 is 0 Å². The van der Waals surface area contributed by atoms with Gasteiger partial charge < -0.3 is 15.1 Å². The number of amides is 1. The fraction of sp³-hybridized carbons (Fsp3) is 0.350. The van der Waals surface area contributed by atoms with Crippen LogP contribution in [0.15, 0.2) is 30.5 Å². The van der Waals surface area contributed by atoms with Gasteiger partial charge in [0.2, 0.25) is 17.8 Å². The second kappa shape index (κ2) is 10.2. The van der Waals surface area contributed by atoms with E-state index in [0.717, 1.165) is 18.0 Å². The summed E-state index contributed by atoms with van der Waals surface area (Å²) in [6.45, 7) is 3.45. The molecular weight excluding hydrogens is 419 g/mol. The number of aryl methyl sites for hydroxylation is 1. The number of carbonyl (C=O) groups excluding carboxylic acids is 1. The van der Waals surface area contributed by atoms with E-state index in [2.05, 4.69) is 35.5 Å². The SMILES string of the molecule is Cc1nc(Nc2ncc(CC(=O)Nc3cccc(F)c3)s2)nc(N(C)CCN(C)C)n1. The third-order valence-corrected chi connectivity index (χ3v) is 5.09. The summed E-state index contributed by atoms with van der Waals surface area (Å²) in [4.78, 5) is 34.5. The summed E-state index contributed by atoms with van der Waals surface area (Å²) in [5.41, 5.74) is 0.416. The van der Waals surface area contributed by atoms with E-state index in [0.29, 0.717) is 28.5 Å². The van der Waals surface area contributed by atoms with E-state index in [9.17, 15) is 9.18 Å². The lowest BCUT2D eigenvalue weighted by atomic mass is 10.3. The molecule has 0 saturated carbocycles. The zero-order chi connectivity index (χ0) is 22.4. The minimum atomic E-state index is -0.401. The summed E-state index contributed by atoms with van der Waals surface area (Å²) in [5, 5.41) is 6.33. The highest BCUT2D eigenvalue weighted by molar-refractivity contribution is 7.15. The standard InChI is InChI=1S/C20H25FN8OS/c1-13-23-18(26-19(24-13)29(4)9-8-28(2)3)27-20-22-12-16(31-20)11-17(30)25-15-7-5-6-14(21)10-15/h5-7,10,12H,8-9,11H2,1-4H3,(H,25,30)(H,22,23,24,26,27). The van der Waals surface area contributed by atoms with Crippen molar-refractivity contribution in [3.63, 3.8) is 0 Å². The molecule has 9 nitrogen and oxygen atoms in total. The van der Waals surface area contributed by atoms with Gasteiger partial charge in [-0.05, 0) is 39.2 Å². The lowest BCUT2D eigenvalue weighted by Crippen LogP contribution is -2.30. The first-order valence-corrected chi connectivity index (χ1v) is 10.5. The number of hydrogen-bond acceptors (Lipinski definition) is 9. The average Bonchev–Trinajstić information content (AvgIpc) is 3.12. The Hall–Kier alpha value is -3.18. The normalized spacial score (nSPS) is 10.9. The van der Waals surface area contributed by atoms with E-state index in [1.807, 2.05) is 26.0 Å². The Morgan fingerprint density at radius 2 is 1.97 bits per heavy atom. The highest BCUT2D eigenvalue weighted by Crippen LogP contribution is 2.22. The predicted octanol–water partition coefficient (Wildman–Crippen LogP) is 2.70. The van der Waals surface area contributed by atoms with Crippen LogP contribution in [0.4, 0.5) is 27.1 Å². The molecule has 3 rings (SSSR count). The van der Waals surface area contributed by atoms with Gasteiger partial charge in [0.05, 0.1) is 6.42 Å². The molecule has 0 bridgehead atoms. The maximum Gasteiger partial charge on any atom is 0.234 e. The van der Waals surface area contributed by atoms with Gasteiger partial charge in [-0.1, -0.05) is 6.07 Å². The molecule has 1 amide bonds. The van der Waals surface area contributed by atoms with Gasteiger partial charge >= 0.3 is 0 Å². The largest absolute Gasteiger partial charge is 0.342 e. The van der Waals surface area contributed by atoms with Crippen molar-refractivity contribution in [3.8, 4) is 0 Å². The molecule has 0 aliphatic heterocycles. The quantitative estimate of drug-likeness (QED) is 0.520. The lowest BCUT2D eigenvalue weighted by molar-refractivity contribution is -0.115. The van der Waals surface area contributed by atoms with Crippen molar-refractivity contribution < 1.29 is 9.18 Å². The molecule has 0 fully saturated rings. The zero-order valence-corrected chi connectivity index (χ0v) is 18.7. The van der Waals surface area contributed by atoms with E-state index < -0.39 is 5.82 Å². The molecule has 0 aliphatic rings. The number of nitrogens with one attached hydrogen (secondary N) is 2. The molecular formula is C20H25FN8OS. The zero-order valence-electron chi connectivity index (χ0n) is 17.9. The van der Waals surface area contributed by atoms with Crippen LogP contribution < -0.4 is 15.5 Å². The highest BCUT2D eigenvalue weighted by atomic mass is 32.1. The van der Waals surface area contributed by atoms with Gasteiger partial charge in [0.15, 0.2) is 5.13 Å². The number of benzene rings is 1. The molecule has 3 aromatic rings. The van der Waals surface area contributed by atoms with Crippen molar-refractivity contribution >= 4 is 40.0 Å². The Balaban J connectivity index is 1.62. The molecule has 1 aromatic carbocycles. The van der Waals surface area contributed by atoms with Crippen LogP contribution in [0.2, 0.25) is 0 Å². The first-order chi connectivity index (χ1) is 14.8. The number of nitrogens with zero attached hydrogens (tertiary/aromatic N) is 6. The van der Waals surface area contributed by atoms with Crippen LogP contribution in [0.25, 0.3) is 0 Å². The summed E-state index contributed by atoms with van der Waals surface area (Å²) < 4.78 is 13.3. The van der Waals surface area contributed by atoms with Crippen molar-refractivity contribution in [2.24, 2.45) is 0 Å². The number of anilines is 4. The van der Waals surface area contributed by atoms with Crippen molar-refractivity contribution in [1.29, 1.82) is 0 Å². The van der Waals surface area contributed by atoms with Gasteiger partial charge in [0, 0.05) is 36.9 Å². The van der Waals surface area contributed by atoms with Crippen LogP contribution in [0, 0.1) is 12.7 Å². The average molecular weight is 445 g/mol. The maximum atomic E-state index is 13.3. The molecule has 0 unspecified atom stereocenters. The third-order valence-electron chi connectivity index (χ3n) is 4.17. The van der Waals surface area contributed by atoms with Gasteiger partial charge in [-0.2, -0.15) is 15.0 Å². The second-order valence-electron chi connectivity index (χ2n) is 7.22. The molecule has 0 spiro atoms. The van der Waals surface area contributed by atoms with Crippen LogP contribution in [0.3, 0.4) is 0 Å². The van der Waals surface area contributed by atoms with Crippen molar-refractivity contribution in [2.75, 3.05) is 49.8 Å². The van der Waals surface area contributed by atoms with Gasteiger partial charge in [-0.25, -0.2) is 9.37 Å². The first kappa shape index (κ1) is 22.5. The number of carbonyl (C=O) groups is 1. The monoisotopic (exact) mass is 444 g/mol. The molecule has 0 atom stereocenters. The number of halogens is 1. The fourth-order valence-corrected chi connectivity index (χ4v) is 3.42. The van der Waals surface area contributed by atoms with Crippen molar-refractivity contribution in [1.82, 2.24) is 24.8 Å². The molecule has 0 saturated heterocycles. The van der Waals surface area contributed by atoms with Gasteiger partial charge in [-0.3, -0.25) is 10.1 Å². The Labute approximate surface area is 184 Å². The van der Waals surface area contributed by atoms with Crippen molar-refractivity contribution in [3.05, 3.63) is 47.0 Å². The minimum Gasteiger partial charge on any atom is -0.342 e. The van der Waals surface area contributed by atoms with E-state index in [-0.39, 0.29) is 12.3 Å². The number of thiazole rings is 1. The van der Waals surface area contributed by atoms with E-state index in [1.165, 1.54) is 23.5 Å². The maximum absolute atomic E-state index is 13.3. The van der Waals surface area contributed by atoms with Crippen LogP contribution in [-0.2, 0) is 11.2 Å². The molecule has 2 heterocycles. The fourth-order valence-electron chi connectivity index (χ4n) is 2.62. The van der Waals surface area contributed by atoms with Gasteiger partial charge in [0.25, 0.3) is 0 Å². The Morgan fingerprint density at radius 3 is 2.71 bits per heavy atom. The molecule has 164 valence electrons. The summed E-state index contributed by atoms with van der Waals surface area (Å²) in [6.07, 6.45) is 1.75. The second-order valence-corrected chi connectivity index (χ2v) is 8.34. The highest BCUT2D eigenvalue weighted by Gasteiger charge is 2.12. The number of likely N-dealkylation sites (N-methyl/N-ethyl adjacent to an activating group) is 2. The van der Waals surface area contributed by atoms with Crippen LogP contribution >= 0.6 is 11.3 Å². The Bertz CT molecular complexity index is 1040. The minimum absolute atomic E-state index is 0.130. The van der Waals surface area contributed by atoms with Crippen LogP contribution in [0.5, 0.6) is 0 Å². The lowest BCUT2D eigenvalue weighted by Gasteiger charge is -2.20. The topological polar surface area (TPSA) is 99.2 Å². The van der Waals surface area contributed by atoms with Crippen molar-refractivity contribution in [2.45, 2.75) is 13.3 Å². The Kier molecular flexibility index (Phi) is 7.42. The molecule has 2 N–H and O–H groups in total. The summed E-state index contributed by atoms with van der Waals surface area (Å²) in [7, 11) is 5.95. The summed E-state index contributed by atoms with van der Waals surface area (Å²) >= 11 is 1.33. The molecule has 0 radical (unpaired) electrons. The number of aromatic nitrogens is 4. The molecule has 11 heteroatoms. The van der Waals surface area contributed by atoms with Gasteiger partial charge in [-0.15, -0.1) is 11.3 Å². The van der Waals surface area contributed by atoms with E-state index in [4.69, 9.17) is 0 Å². The number of hydrogen-bond donors (Lipinski definition) is 2. The predicted molar refractivity (Wildman–Crippen MR) is 121 cm³/mol. The molecule has 0 aliphatic carbocycles. The number of rotatable bonds is 9. The molecule has 2 aromatic heterocycles. The van der Waals surface area contributed by atoms with E-state index in [1.54, 1.807) is 25.3 Å². The summed E-state index contributed by atoms with van der Waals surface area (Å²) in [5.74, 6) is 0.908. The third kappa shape index (κ3) is 6.93. The van der Waals surface area contributed by atoms with Crippen LogP contribution in [-0.4, -0.2) is 65.0 Å². The van der Waals surface area contributed by atoms with Gasteiger partial charge in [0.1, 0.15) is 11.6 Å². The van der Waals surface area contributed by atoms with Crippen LogP contribution in [0.1, 0.15) is 10.7 Å². The Morgan fingerprint density at radius 1 is 1.16 bits per heavy atom. The first-order valence-electron chi connectivity index (χ1n) is 9.64.